The Labute approximate surface area is 176 Å². The van der Waals surface area contributed by atoms with Crippen LogP contribution in [0.4, 0.5) is 4.39 Å². The van der Waals surface area contributed by atoms with Crippen LogP contribution in [0.2, 0.25) is 0 Å². The molecule has 0 fully saturated rings. The van der Waals surface area contributed by atoms with Crippen molar-refractivity contribution < 1.29 is 9.13 Å². The Balaban J connectivity index is 0.00000364. The highest BCUT2D eigenvalue weighted by Crippen LogP contribution is 2.17. The highest BCUT2D eigenvalue weighted by Gasteiger charge is 2.07. The zero-order valence-electron chi connectivity index (χ0n) is 15.0. The predicted molar refractivity (Wildman–Crippen MR) is 116 cm³/mol. The highest BCUT2D eigenvalue weighted by atomic mass is 127. The third kappa shape index (κ3) is 6.90. The fourth-order valence-corrected chi connectivity index (χ4v) is 2.30. The molecule has 0 amide bonds. The van der Waals surface area contributed by atoms with Gasteiger partial charge in [0.1, 0.15) is 18.2 Å². The van der Waals surface area contributed by atoms with E-state index in [1.165, 1.54) is 18.2 Å². The van der Waals surface area contributed by atoms with Crippen molar-refractivity contribution in [1.82, 2.24) is 10.6 Å². The van der Waals surface area contributed by atoms with Gasteiger partial charge >= 0.3 is 0 Å². The van der Waals surface area contributed by atoms with Crippen LogP contribution in [0.5, 0.6) is 5.75 Å². The number of hydrogen-bond donors (Lipinski definition) is 2. The maximum absolute atomic E-state index is 13.8. The van der Waals surface area contributed by atoms with Crippen LogP contribution in [-0.2, 0) is 13.1 Å². The standard InChI is InChI=1S/C20H21FN4O.HI/c1-3-10-26-19-7-5-4-6-16(19)13-24-20(23-2)25-14-17-11-15(12-22)8-9-18(17)21;/h3-9,11H,1,10,13-14H2,2H3,(H2,23,24,25);1H. The minimum atomic E-state index is -0.366. The van der Waals surface area contributed by atoms with Crippen LogP contribution in [0.3, 0.4) is 0 Å². The molecule has 0 aliphatic heterocycles. The number of halogens is 2. The lowest BCUT2D eigenvalue weighted by Crippen LogP contribution is -2.36. The SMILES string of the molecule is C=CCOc1ccccc1CNC(=NC)NCc1cc(C#N)ccc1F.I. The summed E-state index contributed by atoms with van der Waals surface area (Å²) in [6, 6.07) is 13.9. The molecule has 0 radical (unpaired) electrons. The van der Waals surface area contributed by atoms with Gasteiger partial charge < -0.3 is 15.4 Å². The van der Waals surface area contributed by atoms with E-state index in [9.17, 15) is 4.39 Å². The number of ether oxygens (including phenoxy) is 1. The summed E-state index contributed by atoms with van der Waals surface area (Å²) in [5.74, 6) is 0.920. The van der Waals surface area contributed by atoms with Crippen molar-refractivity contribution >= 4 is 29.9 Å². The maximum atomic E-state index is 13.8. The van der Waals surface area contributed by atoms with Gasteiger partial charge in [-0.05, 0) is 24.3 Å². The molecule has 0 aromatic heterocycles. The van der Waals surface area contributed by atoms with Gasteiger partial charge in [0.2, 0.25) is 0 Å². The number of nitrogens with zero attached hydrogens (tertiary/aromatic N) is 2. The first-order chi connectivity index (χ1) is 12.7. The number of nitrogens with one attached hydrogen (secondary N) is 2. The average Bonchev–Trinajstić information content (AvgIpc) is 2.68. The lowest BCUT2D eigenvalue weighted by molar-refractivity contribution is 0.358. The predicted octanol–water partition coefficient (Wildman–Crippen LogP) is 3.75. The molecular weight excluding hydrogens is 458 g/mol. The summed E-state index contributed by atoms with van der Waals surface area (Å²) >= 11 is 0. The van der Waals surface area contributed by atoms with Gasteiger partial charge in [-0.15, -0.1) is 24.0 Å². The Hall–Kier alpha value is -2.60. The number of aliphatic imine (C=N–C) groups is 1. The minimum absolute atomic E-state index is 0. The van der Waals surface area contributed by atoms with Gasteiger partial charge in [0.25, 0.3) is 0 Å². The first kappa shape index (κ1) is 22.4. The third-order valence-corrected chi connectivity index (χ3v) is 3.62. The Morgan fingerprint density at radius 3 is 2.59 bits per heavy atom. The number of hydrogen-bond acceptors (Lipinski definition) is 3. The van der Waals surface area contributed by atoms with E-state index in [0.717, 1.165) is 11.3 Å². The molecule has 0 aliphatic rings. The summed E-state index contributed by atoms with van der Waals surface area (Å²) in [6.45, 7) is 4.79. The maximum Gasteiger partial charge on any atom is 0.191 e. The topological polar surface area (TPSA) is 69.4 Å². The van der Waals surface area contributed by atoms with Crippen molar-refractivity contribution in [2.24, 2.45) is 4.99 Å². The molecule has 0 aliphatic carbocycles. The number of benzene rings is 2. The quantitative estimate of drug-likeness (QED) is 0.274. The summed E-state index contributed by atoms with van der Waals surface area (Å²) < 4.78 is 19.5. The van der Waals surface area contributed by atoms with Crippen LogP contribution in [0.1, 0.15) is 16.7 Å². The summed E-state index contributed by atoms with van der Waals surface area (Å²) in [7, 11) is 1.64. The van der Waals surface area contributed by atoms with Crippen molar-refractivity contribution in [2.75, 3.05) is 13.7 Å². The molecule has 2 rings (SSSR count). The zero-order chi connectivity index (χ0) is 18.8. The minimum Gasteiger partial charge on any atom is -0.489 e. The van der Waals surface area contributed by atoms with Gasteiger partial charge in [-0.25, -0.2) is 4.39 Å². The molecule has 27 heavy (non-hydrogen) atoms. The van der Waals surface area contributed by atoms with E-state index in [1.54, 1.807) is 13.1 Å². The number of para-hydroxylation sites is 1. The molecule has 0 spiro atoms. The summed E-state index contributed by atoms with van der Waals surface area (Å²) in [5.41, 5.74) is 1.79. The molecule has 0 saturated carbocycles. The normalized spacial score (nSPS) is 10.3. The van der Waals surface area contributed by atoms with E-state index in [0.29, 0.717) is 30.2 Å². The average molecular weight is 480 g/mol. The fourth-order valence-electron chi connectivity index (χ4n) is 2.30. The van der Waals surface area contributed by atoms with Crippen molar-refractivity contribution in [3.63, 3.8) is 0 Å². The number of guanidine groups is 1. The third-order valence-electron chi connectivity index (χ3n) is 3.62. The van der Waals surface area contributed by atoms with E-state index in [2.05, 4.69) is 22.2 Å². The fraction of sp³-hybridized carbons (Fsp3) is 0.200. The molecule has 5 nitrogen and oxygen atoms in total. The number of rotatable bonds is 7. The van der Waals surface area contributed by atoms with E-state index < -0.39 is 0 Å². The van der Waals surface area contributed by atoms with E-state index in [4.69, 9.17) is 10.00 Å². The molecule has 2 aromatic carbocycles. The summed E-state index contributed by atoms with van der Waals surface area (Å²) in [4.78, 5) is 4.13. The van der Waals surface area contributed by atoms with Crippen LogP contribution < -0.4 is 15.4 Å². The van der Waals surface area contributed by atoms with Crippen LogP contribution in [0, 0.1) is 17.1 Å². The molecule has 0 bridgehead atoms. The Bertz CT molecular complexity index is 833. The lowest BCUT2D eigenvalue weighted by Gasteiger charge is -2.14. The van der Waals surface area contributed by atoms with Crippen LogP contribution in [0.25, 0.3) is 0 Å². The van der Waals surface area contributed by atoms with Crippen LogP contribution >= 0.6 is 24.0 Å². The van der Waals surface area contributed by atoms with Crippen molar-refractivity contribution in [3.05, 3.63) is 77.6 Å². The van der Waals surface area contributed by atoms with Crippen molar-refractivity contribution in [3.8, 4) is 11.8 Å². The van der Waals surface area contributed by atoms with Gasteiger partial charge in [0, 0.05) is 31.3 Å². The molecule has 0 heterocycles. The van der Waals surface area contributed by atoms with Gasteiger partial charge in [-0.2, -0.15) is 5.26 Å². The van der Waals surface area contributed by atoms with Crippen LogP contribution in [0.15, 0.2) is 60.1 Å². The van der Waals surface area contributed by atoms with Gasteiger partial charge in [0.05, 0.1) is 11.6 Å². The largest absolute Gasteiger partial charge is 0.489 e. The molecule has 142 valence electrons. The van der Waals surface area contributed by atoms with Crippen molar-refractivity contribution in [1.29, 1.82) is 5.26 Å². The van der Waals surface area contributed by atoms with Gasteiger partial charge in [0.15, 0.2) is 5.96 Å². The second-order valence-corrected chi connectivity index (χ2v) is 5.40. The zero-order valence-corrected chi connectivity index (χ0v) is 17.4. The van der Waals surface area contributed by atoms with E-state index in [-0.39, 0.29) is 36.3 Å². The monoisotopic (exact) mass is 480 g/mol. The molecule has 0 unspecified atom stereocenters. The van der Waals surface area contributed by atoms with Gasteiger partial charge in [-0.1, -0.05) is 30.9 Å². The molecule has 2 aromatic rings. The summed E-state index contributed by atoms with van der Waals surface area (Å²) in [6.07, 6.45) is 1.69. The molecule has 0 saturated heterocycles. The second kappa shape index (κ2) is 11.9. The summed E-state index contributed by atoms with van der Waals surface area (Å²) in [5, 5.41) is 15.1. The molecular formula is C20H22FIN4O. The van der Waals surface area contributed by atoms with Crippen molar-refractivity contribution in [2.45, 2.75) is 13.1 Å². The van der Waals surface area contributed by atoms with E-state index in [1.807, 2.05) is 30.3 Å². The Morgan fingerprint density at radius 1 is 1.22 bits per heavy atom. The smallest absolute Gasteiger partial charge is 0.191 e. The first-order valence-electron chi connectivity index (χ1n) is 8.12. The Kier molecular flexibility index (Phi) is 9.90. The van der Waals surface area contributed by atoms with E-state index >= 15 is 0 Å². The first-order valence-corrected chi connectivity index (χ1v) is 8.12. The second-order valence-electron chi connectivity index (χ2n) is 5.40. The van der Waals surface area contributed by atoms with Crippen LogP contribution in [-0.4, -0.2) is 19.6 Å². The Morgan fingerprint density at radius 2 is 1.93 bits per heavy atom. The highest BCUT2D eigenvalue weighted by molar-refractivity contribution is 14.0. The number of nitriles is 1. The van der Waals surface area contributed by atoms with Gasteiger partial charge in [-0.3, -0.25) is 4.99 Å². The molecule has 2 N–H and O–H groups in total. The molecule has 7 heteroatoms. The molecule has 0 atom stereocenters. The lowest BCUT2D eigenvalue weighted by atomic mass is 10.1.